The lowest BCUT2D eigenvalue weighted by Gasteiger charge is -1.98. The van der Waals surface area contributed by atoms with Crippen LogP contribution in [-0.4, -0.2) is 19.9 Å². The van der Waals surface area contributed by atoms with Crippen molar-refractivity contribution in [3.63, 3.8) is 0 Å². The minimum atomic E-state index is 0.859. The molecule has 4 heteroatoms. The molecule has 0 unspecified atom stereocenters. The molecule has 0 saturated carbocycles. The van der Waals surface area contributed by atoms with Crippen LogP contribution < -0.4 is 0 Å². The number of hydrogen-bond acceptors (Lipinski definition) is 2. The molecule has 4 nitrogen and oxygen atoms in total. The van der Waals surface area contributed by atoms with Gasteiger partial charge in [0.15, 0.2) is 0 Å². The molecule has 3 aromatic heterocycles. The molecule has 0 aliphatic carbocycles. The summed E-state index contributed by atoms with van der Waals surface area (Å²) in [5, 5.41) is 1.18. The van der Waals surface area contributed by atoms with E-state index in [9.17, 15) is 0 Å². The first-order chi connectivity index (χ1) is 7.88. The zero-order valence-electron chi connectivity index (χ0n) is 8.99. The summed E-state index contributed by atoms with van der Waals surface area (Å²) in [7, 11) is 0. The monoisotopic (exact) mass is 212 g/mol. The molecule has 0 atom stereocenters. The predicted molar refractivity (Wildman–Crippen MR) is 63.1 cm³/mol. The summed E-state index contributed by atoms with van der Waals surface area (Å²) in [5.41, 5.74) is 3.25. The first-order valence-corrected chi connectivity index (χ1v) is 5.34. The molecule has 3 aromatic rings. The van der Waals surface area contributed by atoms with Crippen LogP contribution in [-0.2, 0) is 6.42 Å². The lowest BCUT2D eigenvalue weighted by molar-refractivity contribution is 1.15. The third-order valence-electron chi connectivity index (χ3n) is 2.77. The van der Waals surface area contributed by atoms with Gasteiger partial charge in [-0.15, -0.1) is 0 Å². The van der Waals surface area contributed by atoms with Crippen molar-refractivity contribution in [1.29, 1.82) is 0 Å². The maximum atomic E-state index is 4.39. The summed E-state index contributed by atoms with van der Waals surface area (Å²) in [6, 6.07) is 2.12. The Morgan fingerprint density at radius 1 is 1.25 bits per heavy atom. The molecule has 3 rings (SSSR count). The van der Waals surface area contributed by atoms with Crippen molar-refractivity contribution in [2.24, 2.45) is 0 Å². The zero-order valence-corrected chi connectivity index (χ0v) is 8.99. The molecule has 0 aromatic carbocycles. The fraction of sp³-hybridized carbons (Fsp3) is 0.167. The van der Waals surface area contributed by atoms with Gasteiger partial charge in [-0.3, -0.25) is 0 Å². The zero-order chi connectivity index (χ0) is 11.0. The van der Waals surface area contributed by atoms with Gasteiger partial charge >= 0.3 is 0 Å². The van der Waals surface area contributed by atoms with Crippen molar-refractivity contribution >= 4 is 11.0 Å². The molecule has 0 aliphatic heterocycles. The van der Waals surface area contributed by atoms with Gasteiger partial charge < -0.3 is 9.97 Å². The number of fused-ring (bicyclic) bond motifs is 1. The highest BCUT2D eigenvalue weighted by atomic mass is 14.9. The Bertz CT molecular complexity index is 607. The van der Waals surface area contributed by atoms with E-state index in [1.807, 2.05) is 18.6 Å². The standard InChI is InChI=1S/C12H12N4/c1-2-8-6-15-12-10(8)5-9(7-16-12)11-13-3-4-14-11/h3-7H,2H2,1H3,(H,13,14)(H,15,16). The van der Waals surface area contributed by atoms with E-state index >= 15 is 0 Å². The number of aromatic nitrogens is 4. The minimum absolute atomic E-state index is 0.859. The van der Waals surface area contributed by atoms with E-state index in [1.165, 1.54) is 10.9 Å². The average molecular weight is 212 g/mol. The van der Waals surface area contributed by atoms with E-state index in [-0.39, 0.29) is 0 Å². The Labute approximate surface area is 92.8 Å². The number of aromatic amines is 2. The number of hydrogen-bond donors (Lipinski definition) is 2. The summed E-state index contributed by atoms with van der Waals surface area (Å²) in [6.45, 7) is 2.14. The topological polar surface area (TPSA) is 57.4 Å². The first-order valence-electron chi connectivity index (χ1n) is 5.34. The highest BCUT2D eigenvalue weighted by molar-refractivity contribution is 5.83. The predicted octanol–water partition coefficient (Wildman–Crippen LogP) is 2.52. The third-order valence-corrected chi connectivity index (χ3v) is 2.77. The smallest absolute Gasteiger partial charge is 0.138 e. The molecule has 0 aliphatic rings. The molecule has 0 saturated heterocycles. The van der Waals surface area contributed by atoms with Gasteiger partial charge in [0.25, 0.3) is 0 Å². The Kier molecular flexibility index (Phi) is 1.99. The summed E-state index contributed by atoms with van der Waals surface area (Å²) in [6.07, 6.45) is 8.42. The molecule has 0 radical (unpaired) electrons. The van der Waals surface area contributed by atoms with Crippen LogP contribution in [0.5, 0.6) is 0 Å². The van der Waals surface area contributed by atoms with Crippen molar-refractivity contribution in [3.05, 3.63) is 36.4 Å². The number of imidazole rings is 1. The van der Waals surface area contributed by atoms with Gasteiger partial charge in [0.2, 0.25) is 0 Å². The van der Waals surface area contributed by atoms with Crippen molar-refractivity contribution in [2.75, 3.05) is 0 Å². The number of nitrogens with one attached hydrogen (secondary N) is 2. The molecule has 0 bridgehead atoms. The van der Waals surface area contributed by atoms with E-state index in [1.54, 1.807) is 6.20 Å². The van der Waals surface area contributed by atoms with Gasteiger partial charge in [0, 0.05) is 35.7 Å². The fourth-order valence-corrected chi connectivity index (χ4v) is 1.90. The van der Waals surface area contributed by atoms with E-state index in [4.69, 9.17) is 0 Å². The second-order valence-corrected chi connectivity index (χ2v) is 3.73. The SMILES string of the molecule is CCc1c[nH]c2ncc(-c3ncc[nH]3)cc12. The highest BCUT2D eigenvalue weighted by Gasteiger charge is 2.06. The number of pyridine rings is 1. The van der Waals surface area contributed by atoms with Crippen LogP contribution in [0.15, 0.2) is 30.9 Å². The second-order valence-electron chi connectivity index (χ2n) is 3.73. The molecule has 80 valence electrons. The van der Waals surface area contributed by atoms with Crippen LogP contribution in [0, 0.1) is 0 Å². The quantitative estimate of drug-likeness (QED) is 0.685. The van der Waals surface area contributed by atoms with Crippen molar-refractivity contribution in [3.8, 4) is 11.4 Å². The Hall–Kier alpha value is -2.10. The van der Waals surface area contributed by atoms with E-state index in [0.29, 0.717) is 0 Å². The van der Waals surface area contributed by atoms with Crippen molar-refractivity contribution in [1.82, 2.24) is 19.9 Å². The Morgan fingerprint density at radius 2 is 2.19 bits per heavy atom. The van der Waals surface area contributed by atoms with Crippen molar-refractivity contribution < 1.29 is 0 Å². The molecule has 3 heterocycles. The Balaban J connectivity index is 2.21. The van der Waals surface area contributed by atoms with E-state index < -0.39 is 0 Å². The summed E-state index contributed by atoms with van der Waals surface area (Å²) in [4.78, 5) is 14.9. The third kappa shape index (κ3) is 1.31. The molecule has 2 N–H and O–H groups in total. The molecule has 0 fully saturated rings. The summed E-state index contributed by atoms with van der Waals surface area (Å²) < 4.78 is 0. The molecular formula is C12H12N4. The number of H-pyrrole nitrogens is 2. The molecular weight excluding hydrogens is 200 g/mol. The number of nitrogens with zero attached hydrogens (tertiary/aromatic N) is 2. The van der Waals surface area contributed by atoms with Gasteiger partial charge in [-0.1, -0.05) is 6.92 Å². The number of rotatable bonds is 2. The molecule has 0 amide bonds. The van der Waals surface area contributed by atoms with Crippen LogP contribution in [0.25, 0.3) is 22.4 Å². The highest BCUT2D eigenvalue weighted by Crippen LogP contribution is 2.22. The lowest BCUT2D eigenvalue weighted by Crippen LogP contribution is -1.84. The van der Waals surface area contributed by atoms with E-state index in [0.717, 1.165) is 23.5 Å². The van der Waals surface area contributed by atoms with Crippen LogP contribution in [0.4, 0.5) is 0 Å². The first kappa shape index (κ1) is 9.15. The van der Waals surface area contributed by atoms with Gasteiger partial charge in [-0.25, -0.2) is 9.97 Å². The van der Waals surface area contributed by atoms with Crippen LogP contribution >= 0.6 is 0 Å². The maximum Gasteiger partial charge on any atom is 0.138 e. The van der Waals surface area contributed by atoms with Crippen LogP contribution in [0.2, 0.25) is 0 Å². The normalized spacial score (nSPS) is 11.1. The maximum absolute atomic E-state index is 4.39. The minimum Gasteiger partial charge on any atom is -0.346 e. The van der Waals surface area contributed by atoms with Crippen LogP contribution in [0.1, 0.15) is 12.5 Å². The van der Waals surface area contributed by atoms with Gasteiger partial charge in [0.1, 0.15) is 11.5 Å². The van der Waals surface area contributed by atoms with Gasteiger partial charge in [0.05, 0.1) is 0 Å². The Morgan fingerprint density at radius 3 is 2.94 bits per heavy atom. The summed E-state index contributed by atoms with van der Waals surface area (Å²) in [5.74, 6) is 0.859. The second kappa shape index (κ2) is 3.48. The summed E-state index contributed by atoms with van der Waals surface area (Å²) >= 11 is 0. The van der Waals surface area contributed by atoms with Crippen LogP contribution in [0.3, 0.4) is 0 Å². The average Bonchev–Trinajstić information content (AvgIpc) is 2.97. The van der Waals surface area contributed by atoms with Gasteiger partial charge in [-0.05, 0) is 18.1 Å². The fourth-order valence-electron chi connectivity index (χ4n) is 1.90. The lowest BCUT2D eigenvalue weighted by atomic mass is 10.1. The van der Waals surface area contributed by atoms with Gasteiger partial charge in [-0.2, -0.15) is 0 Å². The van der Waals surface area contributed by atoms with E-state index in [2.05, 4.69) is 32.9 Å². The van der Waals surface area contributed by atoms with Crippen molar-refractivity contribution in [2.45, 2.75) is 13.3 Å². The largest absolute Gasteiger partial charge is 0.346 e. The number of aryl methyl sites for hydroxylation is 1. The molecule has 0 spiro atoms. The molecule has 16 heavy (non-hydrogen) atoms.